The molecule has 1 aromatic heterocycles. The molecule has 0 bridgehead atoms. The minimum absolute atomic E-state index is 0. The second-order valence-corrected chi connectivity index (χ2v) is 7.51. The average Bonchev–Trinajstić information content (AvgIpc) is 3.49. The van der Waals surface area contributed by atoms with Gasteiger partial charge in [0.25, 0.3) is 5.91 Å². The first-order valence-corrected chi connectivity index (χ1v) is 9.50. The molecular weight excluding hydrogens is 387 g/mol. The van der Waals surface area contributed by atoms with Crippen LogP contribution in [-0.2, 0) is 19.1 Å². The molecule has 153 valence electrons. The van der Waals surface area contributed by atoms with Crippen molar-refractivity contribution in [3.8, 4) is 0 Å². The van der Waals surface area contributed by atoms with Gasteiger partial charge in [-0.3, -0.25) is 9.59 Å². The van der Waals surface area contributed by atoms with Crippen LogP contribution in [0, 0.1) is 5.92 Å². The van der Waals surface area contributed by atoms with Gasteiger partial charge in [0.05, 0.1) is 0 Å². The average molecular weight is 413 g/mol. The van der Waals surface area contributed by atoms with Crippen molar-refractivity contribution < 1.29 is 24.2 Å². The number of rotatable bonds is 7. The normalized spacial score (nSPS) is 21.9. The molecule has 29 heavy (non-hydrogen) atoms. The molecule has 2 aliphatic rings. The molecule has 3 unspecified atom stereocenters. The van der Waals surface area contributed by atoms with Gasteiger partial charge in [0.15, 0.2) is 12.2 Å². The number of ether oxygens (including phenoxy) is 1. The number of carboxylic acid groups (broad SMARTS) is 1. The number of epoxide rings is 1. The van der Waals surface area contributed by atoms with Crippen LogP contribution in [0.5, 0.6) is 0 Å². The van der Waals surface area contributed by atoms with Gasteiger partial charge in [-0.2, -0.15) is 0 Å². The molecular formula is C19H26N4NaO5. The van der Waals surface area contributed by atoms with Crippen LogP contribution in [0.3, 0.4) is 0 Å². The summed E-state index contributed by atoms with van der Waals surface area (Å²) in [4.78, 5) is 44.3. The molecule has 1 aromatic rings. The summed E-state index contributed by atoms with van der Waals surface area (Å²) in [6, 6.07) is 5.04. The Balaban J connectivity index is 0.00000300. The molecule has 3 rings (SSSR count). The fourth-order valence-electron chi connectivity index (χ4n) is 3.36. The number of piperazine rings is 1. The van der Waals surface area contributed by atoms with Gasteiger partial charge in [-0.1, -0.05) is 19.9 Å². The SMILES string of the molecule is CC(C)CC(NC(=O)C1OC1C(=O)O)C(=O)N1CCN(c2ccccn2)CC1.[Na]. The van der Waals surface area contributed by atoms with Crippen LogP contribution in [0.1, 0.15) is 20.3 Å². The number of aliphatic carboxylic acids is 1. The number of nitrogens with one attached hydrogen (secondary N) is 1. The summed E-state index contributed by atoms with van der Waals surface area (Å²) in [5.41, 5.74) is 0. The molecule has 0 spiro atoms. The summed E-state index contributed by atoms with van der Waals surface area (Å²) in [6.07, 6.45) is 0.0960. The molecule has 2 aliphatic heterocycles. The molecule has 9 nitrogen and oxygen atoms in total. The van der Waals surface area contributed by atoms with E-state index in [4.69, 9.17) is 9.84 Å². The van der Waals surface area contributed by atoms with Crippen LogP contribution in [0.4, 0.5) is 5.82 Å². The van der Waals surface area contributed by atoms with E-state index in [9.17, 15) is 14.4 Å². The van der Waals surface area contributed by atoms with Gasteiger partial charge in [-0.15, -0.1) is 0 Å². The van der Waals surface area contributed by atoms with E-state index in [-0.39, 0.29) is 41.4 Å². The van der Waals surface area contributed by atoms with Crippen molar-refractivity contribution in [3.63, 3.8) is 0 Å². The molecule has 2 amide bonds. The van der Waals surface area contributed by atoms with Gasteiger partial charge in [-0.25, -0.2) is 9.78 Å². The summed E-state index contributed by atoms with van der Waals surface area (Å²) < 4.78 is 4.88. The number of carbonyl (C=O) groups excluding carboxylic acids is 2. The summed E-state index contributed by atoms with van der Waals surface area (Å²) in [5, 5.41) is 11.6. The topological polar surface area (TPSA) is 115 Å². The predicted molar refractivity (Wildman–Crippen MR) is 106 cm³/mol. The number of carboxylic acids is 1. The van der Waals surface area contributed by atoms with E-state index in [0.717, 1.165) is 5.82 Å². The smallest absolute Gasteiger partial charge is 0.336 e. The number of hydrogen-bond acceptors (Lipinski definition) is 6. The quantitative estimate of drug-likeness (QED) is 0.467. The van der Waals surface area contributed by atoms with Crippen molar-refractivity contribution in [1.82, 2.24) is 15.2 Å². The third-order valence-electron chi connectivity index (χ3n) is 4.88. The Kier molecular flexibility index (Phi) is 8.45. The van der Waals surface area contributed by atoms with Crippen LogP contribution in [-0.4, -0.2) is 107 Å². The molecule has 0 aromatic carbocycles. The predicted octanol–water partition coefficient (Wildman–Crippen LogP) is -0.268. The number of nitrogens with zero attached hydrogens (tertiary/aromatic N) is 3. The minimum atomic E-state index is -1.17. The monoisotopic (exact) mass is 413 g/mol. The maximum Gasteiger partial charge on any atom is 0.336 e. The van der Waals surface area contributed by atoms with E-state index in [1.54, 1.807) is 11.1 Å². The zero-order chi connectivity index (χ0) is 20.3. The molecule has 1 radical (unpaired) electrons. The zero-order valence-corrected chi connectivity index (χ0v) is 19.1. The summed E-state index contributed by atoms with van der Waals surface area (Å²) in [5.74, 6) is -0.780. The molecule has 0 aliphatic carbocycles. The van der Waals surface area contributed by atoms with E-state index in [2.05, 4.69) is 15.2 Å². The van der Waals surface area contributed by atoms with Crippen molar-refractivity contribution >= 4 is 53.2 Å². The second-order valence-electron chi connectivity index (χ2n) is 7.51. The van der Waals surface area contributed by atoms with E-state index in [1.165, 1.54) is 0 Å². The molecule has 2 fully saturated rings. The Hall–Kier alpha value is -1.68. The number of aromatic nitrogens is 1. The minimum Gasteiger partial charge on any atom is -0.479 e. The number of anilines is 1. The summed E-state index contributed by atoms with van der Waals surface area (Å²) >= 11 is 0. The third-order valence-corrected chi connectivity index (χ3v) is 4.88. The van der Waals surface area contributed by atoms with E-state index < -0.39 is 30.1 Å². The summed E-state index contributed by atoms with van der Waals surface area (Å²) in [7, 11) is 0. The Morgan fingerprint density at radius 3 is 2.41 bits per heavy atom. The van der Waals surface area contributed by atoms with Crippen molar-refractivity contribution in [1.29, 1.82) is 0 Å². The Morgan fingerprint density at radius 1 is 1.21 bits per heavy atom. The van der Waals surface area contributed by atoms with Gasteiger partial charge < -0.3 is 25.0 Å². The van der Waals surface area contributed by atoms with Crippen LogP contribution in [0.2, 0.25) is 0 Å². The van der Waals surface area contributed by atoms with Crippen LogP contribution >= 0.6 is 0 Å². The third kappa shape index (κ3) is 6.15. The second kappa shape index (κ2) is 10.4. The fourth-order valence-corrected chi connectivity index (χ4v) is 3.36. The number of amides is 2. The summed E-state index contributed by atoms with van der Waals surface area (Å²) in [6.45, 7) is 6.35. The van der Waals surface area contributed by atoms with Gasteiger partial charge >= 0.3 is 5.97 Å². The van der Waals surface area contributed by atoms with E-state index in [0.29, 0.717) is 32.6 Å². The van der Waals surface area contributed by atoms with Gasteiger partial charge in [0.1, 0.15) is 11.9 Å². The molecule has 2 N–H and O–H groups in total. The van der Waals surface area contributed by atoms with E-state index >= 15 is 0 Å². The van der Waals surface area contributed by atoms with Crippen molar-refractivity contribution in [2.45, 2.75) is 38.5 Å². The molecule has 2 saturated heterocycles. The zero-order valence-electron chi connectivity index (χ0n) is 17.1. The fraction of sp³-hybridized carbons (Fsp3) is 0.579. The van der Waals surface area contributed by atoms with Crippen LogP contribution < -0.4 is 10.2 Å². The van der Waals surface area contributed by atoms with E-state index in [1.807, 2.05) is 32.0 Å². The molecule has 10 heteroatoms. The van der Waals surface area contributed by atoms with Crippen molar-refractivity contribution in [2.75, 3.05) is 31.1 Å². The maximum absolute atomic E-state index is 13.0. The first-order chi connectivity index (χ1) is 13.4. The van der Waals surface area contributed by atoms with Gasteiger partial charge in [0, 0.05) is 61.9 Å². The molecule has 0 saturated carbocycles. The molecule has 3 atom stereocenters. The molecule has 3 heterocycles. The largest absolute Gasteiger partial charge is 0.479 e. The Bertz CT molecular complexity index is 725. The standard InChI is InChI=1S/C19H26N4O5.Na/c1-12(2)11-13(21-17(24)15-16(28-15)19(26)27)18(25)23-9-7-22(8-10-23)14-5-3-4-6-20-14;/h3-6,12-13,15-16H,7-11H2,1-2H3,(H,21,24)(H,26,27);. The maximum atomic E-state index is 13.0. The number of hydrogen-bond donors (Lipinski definition) is 2. The van der Waals surface area contributed by atoms with Crippen LogP contribution in [0.15, 0.2) is 24.4 Å². The van der Waals surface area contributed by atoms with Gasteiger partial charge in [-0.05, 0) is 24.5 Å². The number of carbonyl (C=O) groups is 3. The van der Waals surface area contributed by atoms with Crippen molar-refractivity contribution in [3.05, 3.63) is 24.4 Å². The first kappa shape index (κ1) is 23.6. The number of pyridine rings is 1. The Morgan fingerprint density at radius 2 is 1.90 bits per heavy atom. The van der Waals surface area contributed by atoms with Crippen molar-refractivity contribution in [2.24, 2.45) is 5.92 Å². The Labute approximate surface area is 192 Å². The van der Waals surface area contributed by atoms with Gasteiger partial charge in [0.2, 0.25) is 5.91 Å². The first-order valence-electron chi connectivity index (χ1n) is 9.50. The van der Waals surface area contributed by atoms with Crippen LogP contribution in [0.25, 0.3) is 0 Å².